The van der Waals surface area contributed by atoms with E-state index in [1.807, 2.05) is 16.5 Å². The van der Waals surface area contributed by atoms with Crippen molar-refractivity contribution in [2.75, 3.05) is 26.2 Å². The predicted octanol–water partition coefficient (Wildman–Crippen LogP) is 2.96. The normalized spacial score (nSPS) is 24.7. The highest BCUT2D eigenvalue weighted by molar-refractivity contribution is 6.30. The summed E-state index contributed by atoms with van der Waals surface area (Å²) in [5.41, 5.74) is 3.54. The Morgan fingerprint density at radius 1 is 1.24 bits per heavy atom. The minimum atomic E-state index is -0.693. The molecule has 1 amide bonds. The number of hydrogen-bond acceptors (Lipinski definition) is 4. The maximum atomic E-state index is 14.3. The quantitative estimate of drug-likeness (QED) is 0.720. The molecule has 0 spiro atoms. The fraction of sp³-hybridized carbons (Fsp3) is 0.542. The molecule has 3 heterocycles. The smallest absolute Gasteiger partial charge is 0.306 e. The van der Waals surface area contributed by atoms with E-state index in [0.717, 1.165) is 49.3 Å². The van der Waals surface area contributed by atoms with Gasteiger partial charge in [0.25, 0.3) is 0 Å². The van der Waals surface area contributed by atoms with Gasteiger partial charge in [0.05, 0.1) is 36.9 Å². The number of carbonyl (C=O) groups is 2. The molecule has 1 aromatic carbocycles. The topological polar surface area (TPSA) is 78.7 Å². The number of aryl methyl sites for hydroxylation is 1. The van der Waals surface area contributed by atoms with E-state index in [1.165, 1.54) is 6.07 Å². The third-order valence-corrected chi connectivity index (χ3v) is 7.80. The lowest BCUT2D eigenvalue weighted by atomic mass is 10.0. The van der Waals surface area contributed by atoms with E-state index in [1.54, 1.807) is 12.1 Å². The number of nitrogens with zero attached hydrogens (tertiary/aromatic N) is 4. The highest BCUT2D eigenvalue weighted by atomic mass is 35.5. The zero-order valence-corrected chi connectivity index (χ0v) is 19.4. The molecule has 7 nitrogen and oxygen atoms in total. The fourth-order valence-electron chi connectivity index (χ4n) is 5.85. The van der Waals surface area contributed by atoms with Crippen molar-refractivity contribution in [3.05, 3.63) is 51.6 Å². The van der Waals surface area contributed by atoms with Crippen LogP contribution in [0.5, 0.6) is 0 Å². The van der Waals surface area contributed by atoms with Crippen LogP contribution < -0.4 is 0 Å². The number of rotatable bonds is 5. The first-order valence-electron chi connectivity index (χ1n) is 11.5. The first kappa shape index (κ1) is 22.3. The molecule has 1 saturated carbocycles. The van der Waals surface area contributed by atoms with E-state index < -0.39 is 5.97 Å². The SMILES string of the molecule is Cc1nn(Cc2ccc(Cl)cc2F)c2c1CCN(C(=O)CN1CC3CC(C(=O)O)CC3C1)C2. The third kappa shape index (κ3) is 4.38. The number of carboxylic acid groups (broad SMARTS) is 1. The average Bonchev–Trinajstić information content (AvgIpc) is 3.42. The molecule has 2 unspecified atom stereocenters. The number of carbonyl (C=O) groups excluding carboxylic acids is 1. The predicted molar refractivity (Wildman–Crippen MR) is 120 cm³/mol. The molecule has 1 aromatic heterocycles. The van der Waals surface area contributed by atoms with Crippen molar-refractivity contribution in [2.24, 2.45) is 17.8 Å². The van der Waals surface area contributed by atoms with Crippen molar-refractivity contribution in [1.82, 2.24) is 19.6 Å². The van der Waals surface area contributed by atoms with Crippen molar-refractivity contribution in [2.45, 2.75) is 39.3 Å². The van der Waals surface area contributed by atoms with E-state index in [9.17, 15) is 19.1 Å². The molecule has 176 valence electrons. The number of likely N-dealkylation sites (tertiary alicyclic amines) is 1. The van der Waals surface area contributed by atoms with Gasteiger partial charge in [0.2, 0.25) is 5.91 Å². The molecular weight excluding hydrogens is 447 g/mol. The first-order chi connectivity index (χ1) is 15.8. The van der Waals surface area contributed by atoms with E-state index in [0.29, 0.717) is 48.6 Å². The van der Waals surface area contributed by atoms with Gasteiger partial charge in [-0.1, -0.05) is 17.7 Å². The summed E-state index contributed by atoms with van der Waals surface area (Å²) in [6, 6.07) is 4.65. The summed E-state index contributed by atoms with van der Waals surface area (Å²) in [6.45, 7) is 5.32. The summed E-state index contributed by atoms with van der Waals surface area (Å²) in [4.78, 5) is 28.4. The van der Waals surface area contributed by atoms with Gasteiger partial charge in [-0.3, -0.25) is 19.2 Å². The highest BCUT2D eigenvalue weighted by Crippen LogP contribution is 2.41. The van der Waals surface area contributed by atoms with Gasteiger partial charge in [-0.05, 0) is 55.7 Å². The summed E-state index contributed by atoms with van der Waals surface area (Å²) in [5, 5.41) is 14.3. The van der Waals surface area contributed by atoms with Crippen LogP contribution in [-0.4, -0.2) is 62.7 Å². The molecule has 3 aliphatic rings. The summed E-state index contributed by atoms with van der Waals surface area (Å²) >= 11 is 5.88. The largest absolute Gasteiger partial charge is 0.481 e. The molecule has 1 N–H and O–H groups in total. The number of hydrogen-bond donors (Lipinski definition) is 1. The zero-order valence-electron chi connectivity index (χ0n) is 18.6. The van der Waals surface area contributed by atoms with E-state index >= 15 is 0 Å². The lowest BCUT2D eigenvalue weighted by Gasteiger charge is -2.30. The molecule has 0 bridgehead atoms. The molecule has 2 aliphatic heterocycles. The van der Waals surface area contributed by atoms with Gasteiger partial charge in [-0.2, -0.15) is 5.10 Å². The molecule has 1 saturated heterocycles. The monoisotopic (exact) mass is 474 g/mol. The molecule has 0 radical (unpaired) electrons. The van der Waals surface area contributed by atoms with Crippen LogP contribution in [0.1, 0.15) is 35.4 Å². The zero-order chi connectivity index (χ0) is 23.3. The number of aliphatic carboxylic acids is 1. The van der Waals surface area contributed by atoms with Crippen molar-refractivity contribution in [1.29, 1.82) is 0 Å². The maximum Gasteiger partial charge on any atom is 0.306 e. The average molecular weight is 475 g/mol. The Bertz CT molecular complexity index is 1090. The Hall–Kier alpha value is -2.45. The van der Waals surface area contributed by atoms with Crippen molar-refractivity contribution < 1.29 is 19.1 Å². The van der Waals surface area contributed by atoms with Gasteiger partial charge in [-0.25, -0.2) is 4.39 Å². The summed E-state index contributed by atoms with van der Waals surface area (Å²) in [6.07, 6.45) is 2.18. The van der Waals surface area contributed by atoms with Gasteiger partial charge in [-0.15, -0.1) is 0 Å². The van der Waals surface area contributed by atoms with Crippen LogP contribution in [0.2, 0.25) is 5.02 Å². The van der Waals surface area contributed by atoms with Crippen molar-refractivity contribution in [3.8, 4) is 0 Å². The van der Waals surface area contributed by atoms with E-state index in [4.69, 9.17) is 11.6 Å². The summed E-state index contributed by atoms with van der Waals surface area (Å²) in [7, 11) is 0. The van der Waals surface area contributed by atoms with Crippen LogP contribution in [0, 0.1) is 30.5 Å². The Kier molecular flexibility index (Phi) is 5.91. The number of amides is 1. The van der Waals surface area contributed by atoms with Crippen LogP contribution in [0.15, 0.2) is 18.2 Å². The van der Waals surface area contributed by atoms with Crippen LogP contribution in [0.25, 0.3) is 0 Å². The van der Waals surface area contributed by atoms with E-state index in [2.05, 4.69) is 10.00 Å². The Labute approximate surface area is 197 Å². The number of carboxylic acids is 1. The molecule has 9 heteroatoms. The lowest BCUT2D eigenvalue weighted by Crippen LogP contribution is -2.43. The van der Waals surface area contributed by atoms with Crippen molar-refractivity contribution >= 4 is 23.5 Å². The van der Waals surface area contributed by atoms with Gasteiger partial charge < -0.3 is 10.0 Å². The standard InChI is InChI=1S/C24H28ClFN4O3/c1-14-20-4-5-29(12-22(20)30(27-14)11-15-2-3-19(25)8-21(15)26)23(31)13-28-9-17-6-16(24(32)33)7-18(17)10-28/h2-3,8,16-18H,4-7,9-13H2,1H3,(H,32,33). The third-order valence-electron chi connectivity index (χ3n) is 7.56. The van der Waals surface area contributed by atoms with Crippen LogP contribution >= 0.6 is 11.6 Å². The second kappa shape index (κ2) is 8.72. The van der Waals surface area contributed by atoms with Crippen LogP contribution in [0.4, 0.5) is 4.39 Å². The lowest BCUT2D eigenvalue weighted by molar-refractivity contribution is -0.142. The Morgan fingerprint density at radius 3 is 2.64 bits per heavy atom. The first-order valence-corrected chi connectivity index (χ1v) is 11.9. The molecule has 2 atom stereocenters. The Morgan fingerprint density at radius 2 is 1.97 bits per heavy atom. The van der Waals surface area contributed by atoms with Crippen molar-refractivity contribution in [3.63, 3.8) is 0 Å². The minimum absolute atomic E-state index is 0.0819. The maximum absolute atomic E-state index is 14.3. The molecule has 5 rings (SSSR count). The minimum Gasteiger partial charge on any atom is -0.481 e. The fourth-order valence-corrected chi connectivity index (χ4v) is 6.01. The number of aromatic nitrogens is 2. The summed E-state index contributed by atoms with van der Waals surface area (Å²) in [5.74, 6) is -0.444. The molecule has 2 fully saturated rings. The second-order valence-corrected chi connectivity index (χ2v) is 10.1. The molecule has 33 heavy (non-hydrogen) atoms. The van der Waals surface area contributed by atoms with Crippen LogP contribution in [0.3, 0.4) is 0 Å². The highest BCUT2D eigenvalue weighted by Gasteiger charge is 2.43. The van der Waals surface area contributed by atoms with Gasteiger partial charge in [0.1, 0.15) is 5.82 Å². The van der Waals surface area contributed by atoms with Gasteiger partial charge >= 0.3 is 5.97 Å². The summed E-state index contributed by atoms with van der Waals surface area (Å²) < 4.78 is 16.2. The number of benzene rings is 1. The van der Waals surface area contributed by atoms with Gasteiger partial charge in [0.15, 0.2) is 0 Å². The number of fused-ring (bicyclic) bond motifs is 2. The van der Waals surface area contributed by atoms with Gasteiger partial charge in [0, 0.05) is 30.2 Å². The molecular formula is C24H28ClFN4O3. The molecule has 2 aromatic rings. The molecule has 1 aliphatic carbocycles. The van der Waals surface area contributed by atoms with Crippen LogP contribution in [-0.2, 0) is 29.1 Å². The van der Waals surface area contributed by atoms with E-state index in [-0.39, 0.29) is 17.6 Å². The Balaban J connectivity index is 1.24. The number of halogens is 2. The second-order valence-electron chi connectivity index (χ2n) is 9.69.